The summed E-state index contributed by atoms with van der Waals surface area (Å²) < 4.78 is 2.02. The Morgan fingerprint density at radius 2 is 1.84 bits per heavy atom. The van der Waals surface area contributed by atoms with Crippen molar-refractivity contribution in [3.63, 3.8) is 0 Å². The standard InChI is InChI=1S/C25H23N7O5.ClH/c1-2-29-13-18(24(36)37)20(33)17-12-26-25(27-21(17)29)30-7-9-32(10-8-30)14-31-19-6-4-3-5-15(19)11-16(23(34)35)22(31)28-32;/h3-6,11-13H,2,7-10,14H2,1H3,(H-,34,35,36,37);1H. The first-order chi connectivity index (χ1) is 17.8. The van der Waals surface area contributed by atoms with E-state index in [-0.39, 0.29) is 28.9 Å². The molecule has 0 aliphatic carbocycles. The lowest BCUT2D eigenvalue weighted by molar-refractivity contribution is -0.929. The Kier molecular flexibility index (Phi) is 6.16. The summed E-state index contributed by atoms with van der Waals surface area (Å²) in [4.78, 5) is 49.1. The Balaban J connectivity index is 0.00000294. The predicted octanol–water partition coefficient (Wildman–Crippen LogP) is -1.58. The van der Waals surface area contributed by atoms with Gasteiger partial charge in [-0.25, -0.2) is 14.6 Å². The molecule has 3 aromatic rings. The molecule has 1 saturated heterocycles. The van der Waals surface area contributed by atoms with E-state index in [9.17, 15) is 24.6 Å². The van der Waals surface area contributed by atoms with Gasteiger partial charge >= 0.3 is 11.9 Å². The Morgan fingerprint density at radius 1 is 1.11 bits per heavy atom. The smallest absolute Gasteiger partial charge is 0.341 e. The van der Waals surface area contributed by atoms with Crippen LogP contribution in [0.4, 0.5) is 11.6 Å². The van der Waals surface area contributed by atoms with Gasteiger partial charge in [-0.1, -0.05) is 23.3 Å². The number of anilines is 2. The number of aromatic carboxylic acids is 1. The molecule has 6 rings (SSSR count). The molecule has 0 bridgehead atoms. The molecule has 2 N–H and O–H groups in total. The predicted molar refractivity (Wildman–Crippen MR) is 135 cm³/mol. The maximum atomic E-state index is 12.6. The zero-order chi connectivity index (χ0) is 25.9. The van der Waals surface area contributed by atoms with E-state index in [1.165, 1.54) is 12.4 Å². The van der Waals surface area contributed by atoms with Crippen molar-refractivity contribution in [2.24, 2.45) is 5.10 Å². The van der Waals surface area contributed by atoms with Crippen molar-refractivity contribution < 1.29 is 36.8 Å². The molecule has 12 nitrogen and oxygen atoms in total. The lowest BCUT2D eigenvalue weighted by Gasteiger charge is -2.38. The Morgan fingerprint density at radius 3 is 2.53 bits per heavy atom. The molecule has 13 heteroatoms. The van der Waals surface area contributed by atoms with Crippen molar-refractivity contribution in [1.82, 2.24) is 14.5 Å². The van der Waals surface area contributed by atoms with Gasteiger partial charge in [-0.05, 0) is 24.6 Å². The molecule has 0 amide bonds. The quantitative estimate of drug-likeness (QED) is 0.377. The second-order valence-corrected chi connectivity index (χ2v) is 9.31. The van der Waals surface area contributed by atoms with E-state index in [1.807, 2.05) is 41.0 Å². The van der Waals surface area contributed by atoms with Crippen molar-refractivity contribution in [3.05, 3.63) is 63.6 Å². The number of carboxylic acids is 2. The molecule has 0 atom stereocenters. The minimum atomic E-state index is -1.28. The number of quaternary nitrogens is 1. The minimum absolute atomic E-state index is 0. The van der Waals surface area contributed by atoms with Crippen LogP contribution in [0.1, 0.15) is 22.8 Å². The Bertz CT molecular complexity index is 1610. The number of fused-ring (bicyclic) bond motifs is 4. The molecule has 0 saturated carbocycles. The van der Waals surface area contributed by atoms with Crippen molar-refractivity contribution in [2.75, 3.05) is 42.6 Å². The molecule has 5 heterocycles. The van der Waals surface area contributed by atoms with E-state index in [4.69, 9.17) is 5.10 Å². The summed E-state index contributed by atoms with van der Waals surface area (Å²) in [6.45, 7) is 5.23. The van der Waals surface area contributed by atoms with Gasteiger partial charge in [0.25, 0.3) is 0 Å². The molecule has 196 valence electrons. The van der Waals surface area contributed by atoms with Crippen molar-refractivity contribution in [2.45, 2.75) is 13.5 Å². The molecule has 0 radical (unpaired) electrons. The summed E-state index contributed by atoms with van der Waals surface area (Å²) in [5, 5.41) is 24.3. The number of halogens is 1. The largest absolute Gasteiger partial charge is 1.00 e. The number of carbonyl (C=O) groups is 2. The number of hydrogen-bond donors (Lipinski definition) is 2. The molecule has 2 aromatic heterocycles. The van der Waals surface area contributed by atoms with E-state index < -0.39 is 17.4 Å². The van der Waals surface area contributed by atoms with E-state index in [1.54, 1.807) is 10.6 Å². The molecule has 38 heavy (non-hydrogen) atoms. The number of amidine groups is 1. The summed E-state index contributed by atoms with van der Waals surface area (Å²) in [6.07, 6.45) is 4.40. The van der Waals surface area contributed by atoms with Crippen LogP contribution < -0.4 is 27.6 Å². The average molecular weight is 538 g/mol. The van der Waals surface area contributed by atoms with E-state index in [0.717, 1.165) is 11.3 Å². The van der Waals surface area contributed by atoms with Crippen LogP contribution in [-0.4, -0.2) is 80.0 Å². The fourth-order valence-corrected chi connectivity index (χ4v) is 5.23. The first-order valence-electron chi connectivity index (χ1n) is 12.0. The number of nitrogens with zero attached hydrogens (tertiary/aromatic N) is 7. The van der Waals surface area contributed by atoms with Gasteiger partial charge < -0.3 is 32.1 Å². The molecule has 1 fully saturated rings. The van der Waals surface area contributed by atoms with Gasteiger partial charge in [0.15, 0.2) is 6.67 Å². The summed E-state index contributed by atoms with van der Waals surface area (Å²) in [5.41, 5.74) is 1.47. The number of hydrogen-bond acceptors (Lipinski definition) is 8. The first kappa shape index (κ1) is 25.4. The van der Waals surface area contributed by atoms with Gasteiger partial charge in [-0.2, -0.15) is 9.58 Å². The topological polar surface area (TPSA) is 141 Å². The summed E-state index contributed by atoms with van der Waals surface area (Å²) in [7, 11) is 0. The van der Waals surface area contributed by atoms with E-state index in [0.29, 0.717) is 61.4 Å². The molecular weight excluding hydrogens is 514 g/mol. The minimum Gasteiger partial charge on any atom is -1.00 e. The average Bonchev–Trinajstić information content (AvgIpc) is 3.27. The number of piperazine rings is 1. The van der Waals surface area contributed by atoms with E-state index in [2.05, 4.69) is 9.97 Å². The van der Waals surface area contributed by atoms with Gasteiger partial charge in [0.2, 0.25) is 17.2 Å². The lowest BCUT2D eigenvalue weighted by atomic mass is 10.0. The number of carboxylic acid groups (broad SMARTS) is 2. The number of rotatable bonds is 4. The zero-order valence-corrected chi connectivity index (χ0v) is 21.2. The maximum Gasteiger partial charge on any atom is 0.341 e. The highest BCUT2D eigenvalue weighted by molar-refractivity contribution is 6.29. The molecule has 0 unspecified atom stereocenters. The maximum absolute atomic E-state index is 12.6. The number of para-hydroxylation sites is 1. The fraction of sp³-hybridized carbons (Fsp3) is 0.280. The van der Waals surface area contributed by atoms with Crippen LogP contribution in [0.5, 0.6) is 0 Å². The van der Waals surface area contributed by atoms with Crippen LogP contribution in [0.25, 0.3) is 17.1 Å². The second-order valence-electron chi connectivity index (χ2n) is 9.31. The van der Waals surface area contributed by atoms with Crippen molar-refractivity contribution >= 4 is 46.5 Å². The zero-order valence-electron chi connectivity index (χ0n) is 20.4. The number of pyridine rings is 1. The molecule has 3 aliphatic heterocycles. The number of aryl methyl sites for hydroxylation is 1. The highest BCUT2D eigenvalue weighted by Crippen LogP contribution is 2.36. The SMILES string of the molecule is CCn1cc(C(=O)O)c(=O)c2cnc(N3CC[N+]4(CC3)CN3C(=N4)C(C(=O)O)=Cc4ccccc43)nc21.[Cl-]. The van der Waals surface area contributed by atoms with Gasteiger partial charge in [-0.3, -0.25) is 9.69 Å². The van der Waals surface area contributed by atoms with Crippen LogP contribution in [0.2, 0.25) is 0 Å². The molecule has 1 aromatic carbocycles. The monoisotopic (exact) mass is 537 g/mol. The molecule has 1 spiro atoms. The van der Waals surface area contributed by atoms with Crippen LogP contribution >= 0.6 is 0 Å². The molecular formula is C25H24ClN7O5. The third kappa shape index (κ3) is 3.89. The fourth-order valence-electron chi connectivity index (χ4n) is 5.23. The van der Waals surface area contributed by atoms with Crippen LogP contribution in [0.3, 0.4) is 0 Å². The van der Waals surface area contributed by atoms with Crippen LogP contribution in [0.15, 0.2) is 52.1 Å². The summed E-state index contributed by atoms with van der Waals surface area (Å²) in [5.74, 6) is -1.36. The third-order valence-electron chi connectivity index (χ3n) is 7.19. The Labute approximate surface area is 222 Å². The van der Waals surface area contributed by atoms with Crippen LogP contribution in [0, 0.1) is 0 Å². The second kappa shape index (κ2) is 9.23. The Hall–Kier alpha value is -4.29. The first-order valence-corrected chi connectivity index (χ1v) is 12.0. The number of aliphatic carboxylic acids is 1. The third-order valence-corrected chi connectivity index (χ3v) is 7.19. The number of aromatic nitrogens is 3. The van der Waals surface area contributed by atoms with Gasteiger partial charge in [-0.15, -0.1) is 0 Å². The highest BCUT2D eigenvalue weighted by atomic mass is 35.5. The van der Waals surface area contributed by atoms with Gasteiger partial charge in [0.1, 0.15) is 29.9 Å². The normalized spacial score (nSPS) is 17.4. The number of benzene rings is 1. The van der Waals surface area contributed by atoms with E-state index >= 15 is 0 Å². The summed E-state index contributed by atoms with van der Waals surface area (Å²) >= 11 is 0. The summed E-state index contributed by atoms with van der Waals surface area (Å²) in [6, 6.07) is 7.70. The van der Waals surface area contributed by atoms with Crippen LogP contribution in [-0.2, 0) is 11.3 Å². The lowest BCUT2D eigenvalue weighted by Crippen LogP contribution is -3.00. The van der Waals surface area contributed by atoms with Gasteiger partial charge in [0.05, 0.1) is 24.2 Å². The van der Waals surface area contributed by atoms with Crippen molar-refractivity contribution in [3.8, 4) is 0 Å². The highest BCUT2D eigenvalue weighted by Gasteiger charge is 2.46. The van der Waals surface area contributed by atoms with Gasteiger partial charge in [0, 0.05) is 18.9 Å². The molecule has 3 aliphatic rings. The van der Waals surface area contributed by atoms with Crippen molar-refractivity contribution in [1.29, 1.82) is 0 Å².